The molecule has 2 aromatic carbocycles. The van der Waals surface area contributed by atoms with Crippen molar-refractivity contribution in [1.29, 1.82) is 5.26 Å². The number of nitrogens with zero attached hydrogens (tertiary/aromatic N) is 2. The van der Waals surface area contributed by atoms with E-state index in [1.54, 1.807) is 36.4 Å². The topological polar surface area (TPSA) is 77.8 Å². The van der Waals surface area contributed by atoms with Crippen molar-refractivity contribution in [2.24, 2.45) is 0 Å². The van der Waals surface area contributed by atoms with E-state index in [1.165, 1.54) is 11.8 Å². The fourth-order valence-corrected chi connectivity index (χ4v) is 2.87. The third-order valence-corrected chi connectivity index (χ3v) is 4.32. The SMILES string of the molecule is CC(C)(C)c1ccccc1Nc1ccc(C(=O)Nc2ccccc2C#N)cn1. The molecule has 0 bridgehead atoms. The standard InChI is InChI=1S/C23H22N4O/c1-23(2,3)18-9-5-7-11-20(18)26-21-13-12-17(15-25-21)22(28)27-19-10-6-4-8-16(19)14-24/h4-13,15H,1-3H3,(H,25,26)(H,27,28). The van der Waals surface area contributed by atoms with Gasteiger partial charge in [-0.15, -0.1) is 0 Å². The van der Waals surface area contributed by atoms with E-state index < -0.39 is 0 Å². The van der Waals surface area contributed by atoms with Crippen LogP contribution in [-0.4, -0.2) is 10.9 Å². The van der Waals surface area contributed by atoms with E-state index in [0.717, 1.165) is 5.69 Å². The van der Waals surface area contributed by atoms with E-state index in [2.05, 4.69) is 48.5 Å². The molecule has 1 amide bonds. The molecule has 1 aromatic heterocycles. The molecule has 3 aromatic rings. The lowest BCUT2D eigenvalue weighted by atomic mass is 9.86. The number of rotatable bonds is 4. The van der Waals surface area contributed by atoms with Crippen molar-refractivity contribution >= 4 is 23.1 Å². The van der Waals surface area contributed by atoms with Gasteiger partial charge in [0.15, 0.2) is 0 Å². The third kappa shape index (κ3) is 4.36. The van der Waals surface area contributed by atoms with Crippen LogP contribution >= 0.6 is 0 Å². The molecule has 0 radical (unpaired) electrons. The minimum atomic E-state index is -0.308. The Kier molecular flexibility index (Phi) is 5.42. The highest BCUT2D eigenvalue weighted by molar-refractivity contribution is 6.04. The lowest BCUT2D eigenvalue weighted by molar-refractivity contribution is 0.102. The minimum Gasteiger partial charge on any atom is -0.340 e. The summed E-state index contributed by atoms with van der Waals surface area (Å²) >= 11 is 0. The first-order valence-electron chi connectivity index (χ1n) is 9.01. The zero-order chi connectivity index (χ0) is 20.1. The number of hydrogen-bond acceptors (Lipinski definition) is 4. The molecule has 0 atom stereocenters. The molecule has 0 saturated carbocycles. The summed E-state index contributed by atoms with van der Waals surface area (Å²) in [7, 11) is 0. The predicted octanol–water partition coefficient (Wildman–Crippen LogP) is 5.25. The summed E-state index contributed by atoms with van der Waals surface area (Å²) in [4.78, 5) is 16.8. The van der Waals surface area contributed by atoms with Crippen LogP contribution in [0.15, 0.2) is 66.9 Å². The van der Waals surface area contributed by atoms with Crippen molar-refractivity contribution in [3.8, 4) is 6.07 Å². The van der Waals surface area contributed by atoms with Crippen molar-refractivity contribution in [2.45, 2.75) is 26.2 Å². The van der Waals surface area contributed by atoms with E-state index >= 15 is 0 Å². The summed E-state index contributed by atoms with van der Waals surface area (Å²) < 4.78 is 0. The highest BCUT2D eigenvalue weighted by Gasteiger charge is 2.17. The van der Waals surface area contributed by atoms with Crippen LogP contribution in [0.3, 0.4) is 0 Å². The number of nitriles is 1. The number of nitrogens with one attached hydrogen (secondary N) is 2. The molecule has 0 aliphatic rings. The number of anilines is 3. The molecular weight excluding hydrogens is 348 g/mol. The largest absolute Gasteiger partial charge is 0.340 e. The van der Waals surface area contributed by atoms with E-state index in [-0.39, 0.29) is 11.3 Å². The molecule has 0 saturated heterocycles. The zero-order valence-electron chi connectivity index (χ0n) is 16.2. The fraction of sp³-hybridized carbons (Fsp3) is 0.174. The summed E-state index contributed by atoms with van der Waals surface area (Å²) in [5.41, 5.74) is 3.49. The van der Waals surface area contributed by atoms with Crippen molar-refractivity contribution in [1.82, 2.24) is 4.98 Å². The van der Waals surface area contributed by atoms with Gasteiger partial charge in [-0.25, -0.2) is 4.98 Å². The Morgan fingerprint density at radius 1 is 0.964 bits per heavy atom. The zero-order valence-corrected chi connectivity index (χ0v) is 16.2. The Labute approximate surface area is 165 Å². The summed E-state index contributed by atoms with van der Waals surface area (Å²) in [6.45, 7) is 6.48. The molecule has 5 heteroatoms. The number of pyridine rings is 1. The van der Waals surface area contributed by atoms with Crippen LogP contribution in [0.4, 0.5) is 17.2 Å². The van der Waals surface area contributed by atoms with Crippen LogP contribution < -0.4 is 10.6 Å². The van der Waals surface area contributed by atoms with E-state index in [1.807, 2.05) is 18.2 Å². The molecule has 1 heterocycles. The van der Waals surface area contributed by atoms with Crippen LogP contribution in [0.5, 0.6) is 0 Å². The molecule has 0 aliphatic carbocycles. The molecule has 140 valence electrons. The Hall–Kier alpha value is -3.65. The van der Waals surface area contributed by atoms with Gasteiger partial charge in [0.05, 0.1) is 16.8 Å². The first kappa shape index (κ1) is 19.1. The van der Waals surface area contributed by atoms with Crippen LogP contribution in [0.25, 0.3) is 0 Å². The molecule has 3 rings (SSSR count). The van der Waals surface area contributed by atoms with Gasteiger partial charge in [0, 0.05) is 11.9 Å². The highest BCUT2D eigenvalue weighted by atomic mass is 16.1. The van der Waals surface area contributed by atoms with Crippen molar-refractivity contribution < 1.29 is 4.79 Å². The van der Waals surface area contributed by atoms with Crippen molar-refractivity contribution in [3.63, 3.8) is 0 Å². The summed E-state index contributed by atoms with van der Waals surface area (Å²) in [6, 6.07) is 20.5. The van der Waals surface area contributed by atoms with Crippen LogP contribution in [0.1, 0.15) is 42.3 Å². The predicted molar refractivity (Wildman–Crippen MR) is 112 cm³/mol. The molecule has 0 spiro atoms. The summed E-state index contributed by atoms with van der Waals surface area (Å²) in [6.07, 6.45) is 1.52. The number of benzene rings is 2. The van der Waals surface area contributed by atoms with E-state index in [4.69, 9.17) is 5.26 Å². The number of carbonyl (C=O) groups is 1. The number of amides is 1. The van der Waals surface area contributed by atoms with Gasteiger partial charge in [-0.2, -0.15) is 5.26 Å². The van der Waals surface area contributed by atoms with Gasteiger partial charge in [-0.3, -0.25) is 4.79 Å². The monoisotopic (exact) mass is 370 g/mol. The number of para-hydroxylation sites is 2. The summed E-state index contributed by atoms with van der Waals surface area (Å²) in [5.74, 6) is 0.350. The maximum atomic E-state index is 12.5. The smallest absolute Gasteiger partial charge is 0.257 e. The second-order valence-corrected chi connectivity index (χ2v) is 7.46. The van der Waals surface area contributed by atoms with Gasteiger partial charge >= 0.3 is 0 Å². The van der Waals surface area contributed by atoms with Crippen molar-refractivity contribution in [3.05, 3.63) is 83.6 Å². The van der Waals surface area contributed by atoms with E-state index in [9.17, 15) is 4.79 Å². The minimum absolute atomic E-state index is 0.00243. The number of hydrogen-bond donors (Lipinski definition) is 2. The normalized spacial score (nSPS) is 10.8. The Morgan fingerprint density at radius 2 is 1.64 bits per heavy atom. The maximum absolute atomic E-state index is 12.5. The van der Waals surface area contributed by atoms with Gasteiger partial charge in [0.25, 0.3) is 5.91 Å². The second kappa shape index (κ2) is 7.93. The molecular formula is C23H22N4O. The number of carbonyl (C=O) groups excluding carboxylic acids is 1. The Morgan fingerprint density at radius 3 is 2.29 bits per heavy atom. The van der Waals surface area contributed by atoms with Gasteiger partial charge < -0.3 is 10.6 Å². The molecule has 2 N–H and O–H groups in total. The fourth-order valence-electron chi connectivity index (χ4n) is 2.87. The van der Waals surface area contributed by atoms with Crippen LogP contribution in [0.2, 0.25) is 0 Å². The molecule has 0 unspecified atom stereocenters. The molecule has 28 heavy (non-hydrogen) atoms. The third-order valence-electron chi connectivity index (χ3n) is 4.32. The van der Waals surface area contributed by atoms with Gasteiger partial charge in [0.2, 0.25) is 0 Å². The van der Waals surface area contributed by atoms with Crippen LogP contribution in [-0.2, 0) is 5.41 Å². The number of aromatic nitrogens is 1. The molecule has 5 nitrogen and oxygen atoms in total. The lowest BCUT2D eigenvalue weighted by Crippen LogP contribution is -2.14. The Bertz CT molecular complexity index is 1030. The lowest BCUT2D eigenvalue weighted by Gasteiger charge is -2.23. The first-order valence-corrected chi connectivity index (χ1v) is 9.01. The average molecular weight is 370 g/mol. The average Bonchev–Trinajstić information content (AvgIpc) is 2.68. The van der Waals surface area contributed by atoms with Gasteiger partial charge in [-0.1, -0.05) is 51.1 Å². The first-order chi connectivity index (χ1) is 13.4. The quantitative estimate of drug-likeness (QED) is 0.658. The highest BCUT2D eigenvalue weighted by Crippen LogP contribution is 2.30. The van der Waals surface area contributed by atoms with E-state index in [0.29, 0.717) is 22.6 Å². The van der Waals surface area contributed by atoms with Crippen LogP contribution in [0, 0.1) is 11.3 Å². The van der Waals surface area contributed by atoms with Gasteiger partial charge in [0.1, 0.15) is 11.9 Å². The van der Waals surface area contributed by atoms with Crippen molar-refractivity contribution in [2.75, 3.05) is 10.6 Å². The maximum Gasteiger partial charge on any atom is 0.257 e. The molecule has 0 aliphatic heterocycles. The van der Waals surface area contributed by atoms with Gasteiger partial charge in [-0.05, 0) is 41.3 Å². The Balaban J connectivity index is 1.76. The second-order valence-electron chi connectivity index (χ2n) is 7.46. The summed E-state index contributed by atoms with van der Waals surface area (Å²) in [5, 5.41) is 15.2. The molecule has 0 fully saturated rings.